The lowest BCUT2D eigenvalue weighted by molar-refractivity contribution is -0.116. The zero-order valence-electron chi connectivity index (χ0n) is 16.1. The summed E-state index contributed by atoms with van der Waals surface area (Å²) in [7, 11) is -1.25. The number of pyridine rings is 1. The maximum atomic E-state index is 12.7. The summed E-state index contributed by atoms with van der Waals surface area (Å²) in [6.45, 7) is 2.42. The highest BCUT2D eigenvalue weighted by Crippen LogP contribution is 2.27. The Morgan fingerprint density at radius 2 is 2.10 bits per heavy atom. The van der Waals surface area contributed by atoms with Crippen molar-refractivity contribution in [3.63, 3.8) is 0 Å². The first kappa shape index (κ1) is 19.3. The Kier molecular flexibility index (Phi) is 5.71. The fraction of sp³-hybridized carbons (Fsp3) is 0.286. The molecule has 0 saturated heterocycles. The monoisotopic (exact) mass is 410 g/mol. The molecular formula is C21H22N4O3S. The molecule has 2 aromatic heterocycles. The number of fused-ring (bicyclic) bond motifs is 1. The predicted molar refractivity (Wildman–Crippen MR) is 111 cm³/mol. The largest absolute Gasteiger partial charge is 0.494 e. The van der Waals surface area contributed by atoms with Crippen LogP contribution in [0.2, 0.25) is 0 Å². The van der Waals surface area contributed by atoms with E-state index in [1.165, 1.54) is 0 Å². The van der Waals surface area contributed by atoms with Crippen LogP contribution in [0.4, 0.5) is 5.69 Å². The van der Waals surface area contributed by atoms with Crippen molar-refractivity contribution >= 4 is 22.4 Å². The van der Waals surface area contributed by atoms with E-state index < -0.39 is 10.8 Å². The lowest BCUT2D eigenvalue weighted by Gasteiger charge is -2.17. The number of hydrogen-bond donors (Lipinski definition) is 1. The SMILES string of the molecule is Cc1cccnc1-n1ccnc1S(=O)CCCOc1ccc2c(c1)CCC(=O)N2. The van der Waals surface area contributed by atoms with Gasteiger partial charge in [-0.2, -0.15) is 0 Å². The summed E-state index contributed by atoms with van der Waals surface area (Å²) >= 11 is 0. The Balaban J connectivity index is 1.33. The number of ether oxygens (including phenoxy) is 1. The molecule has 1 amide bonds. The Morgan fingerprint density at radius 3 is 2.97 bits per heavy atom. The minimum Gasteiger partial charge on any atom is -0.494 e. The van der Waals surface area contributed by atoms with Crippen molar-refractivity contribution in [3.05, 3.63) is 60.0 Å². The summed E-state index contributed by atoms with van der Waals surface area (Å²) in [5.74, 6) is 2.00. The van der Waals surface area contributed by atoms with Crippen LogP contribution in [-0.4, -0.2) is 37.0 Å². The number of rotatable bonds is 7. The molecule has 1 unspecified atom stereocenters. The number of imidazole rings is 1. The first-order chi connectivity index (χ1) is 14.1. The van der Waals surface area contributed by atoms with E-state index in [4.69, 9.17) is 4.74 Å². The van der Waals surface area contributed by atoms with Crippen molar-refractivity contribution in [2.45, 2.75) is 31.3 Å². The molecule has 0 bridgehead atoms. The standard InChI is InChI=1S/C21H22N4O3S/c1-15-4-2-9-22-20(15)25-11-10-23-21(25)29(27)13-3-12-28-17-6-7-18-16(14-17)5-8-19(26)24-18/h2,4,6-7,9-11,14H,3,5,8,12-13H2,1H3,(H,24,26). The second-order valence-corrected chi connectivity index (χ2v) is 8.31. The molecule has 0 fully saturated rings. The quantitative estimate of drug-likeness (QED) is 0.605. The van der Waals surface area contributed by atoms with Crippen molar-refractivity contribution in [1.29, 1.82) is 0 Å². The molecule has 4 rings (SSSR count). The van der Waals surface area contributed by atoms with E-state index in [1.807, 2.05) is 37.3 Å². The molecular weight excluding hydrogens is 388 g/mol. The van der Waals surface area contributed by atoms with Crippen molar-refractivity contribution in [2.24, 2.45) is 0 Å². The van der Waals surface area contributed by atoms with Crippen LogP contribution in [0.1, 0.15) is 24.0 Å². The highest BCUT2D eigenvalue weighted by molar-refractivity contribution is 7.84. The maximum absolute atomic E-state index is 12.7. The minimum absolute atomic E-state index is 0.0490. The van der Waals surface area contributed by atoms with Crippen molar-refractivity contribution in [2.75, 3.05) is 17.7 Å². The lowest BCUT2D eigenvalue weighted by Crippen LogP contribution is -2.18. The number of nitrogens with one attached hydrogen (secondary N) is 1. The average Bonchev–Trinajstić information content (AvgIpc) is 3.21. The van der Waals surface area contributed by atoms with E-state index >= 15 is 0 Å². The number of aryl methyl sites for hydroxylation is 2. The second-order valence-electron chi connectivity index (χ2n) is 6.84. The van der Waals surface area contributed by atoms with Gasteiger partial charge in [-0.25, -0.2) is 9.97 Å². The molecule has 0 spiro atoms. The molecule has 1 aliphatic heterocycles. The van der Waals surface area contributed by atoms with Crippen LogP contribution < -0.4 is 10.1 Å². The number of amides is 1. The lowest BCUT2D eigenvalue weighted by atomic mass is 10.0. The molecule has 1 aliphatic rings. The smallest absolute Gasteiger partial charge is 0.224 e. The molecule has 0 aliphatic carbocycles. The number of hydrogen-bond acceptors (Lipinski definition) is 5. The summed E-state index contributed by atoms with van der Waals surface area (Å²) < 4.78 is 20.3. The molecule has 8 heteroatoms. The van der Waals surface area contributed by atoms with Crippen LogP contribution in [0.25, 0.3) is 5.82 Å². The fourth-order valence-corrected chi connectivity index (χ4v) is 4.38. The second kappa shape index (κ2) is 8.57. The Bertz CT molecular complexity index is 1060. The third kappa shape index (κ3) is 4.37. The third-order valence-electron chi connectivity index (χ3n) is 4.74. The molecule has 150 valence electrons. The van der Waals surface area contributed by atoms with Gasteiger partial charge in [0.1, 0.15) is 11.6 Å². The average molecular weight is 410 g/mol. The first-order valence-electron chi connectivity index (χ1n) is 9.51. The number of nitrogens with zero attached hydrogens (tertiary/aromatic N) is 3. The number of anilines is 1. The van der Waals surface area contributed by atoms with Crippen molar-refractivity contribution in [1.82, 2.24) is 14.5 Å². The highest BCUT2D eigenvalue weighted by Gasteiger charge is 2.16. The topological polar surface area (TPSA) is 86.1 Å². The van der Waals surface area contributed by atoms with Gasteiger partial charge in [0.2, 0.25) is 11.1 Å². The summed E-state index contributed by atoms with van der Waals surface area (Å²) in [4.78, 5) is 20.1. The van der Waals surface area contributed by atoms with Gasteiger partial charge in [0.15, 0.2) is 0 Å². The Labute approximate surface area is 171 Å². The van der Waals surface area contributed by atoms with Crippen molar-refractivity contribution < 1.29 is 13.7 Å². The van der Waals surface area contributed by atoms with Gasteiger partial charge >= 0.3 is 0 Å². The Morgan fingerprint density at radius 1 is 1.21 bits per heavy atom. The molecule has 1 atom stereocenters. The molecule has 1 N–H and O–H groups in total. The van der Waals surface area contributed by atoms with E-state index in [2.05, 4.69) is 15.3 Å². The molecule has 1 aromatic carbocycles. The van der Waals surface area contributed by atoms with Gasteiger partial charge in [0.25, 0.3) is 0 Å². The van der Waals surface area contributed by atoms with Crippen LogP contribution in [0.15, 0.2) is 54.1 Å². The van der Waals surface area contributed by atoms with Gasteiger partial charge in [0.05, 0.1) is 17.4 Å². The van der Waals surface area contributed by atoms with E-state index in [-0.39, 0.29) is 5.91 Å². The Hall–Kier alpha value is -3.00. The normalized spacial score (nSPS) is 14.2. The van der Waals surface area contributed by atoms with E-state index in [0.29, 0.717) is 30.4 Å². The van der Waals surface area contributed by atoms with E-state index in [9.17, 15) is 9.00 Å². The maximum Gasteiger partial charge on any atom is 0.224 e. The number of aromatic nitrogens is 3. The van der Waals surface area contributed by atoms with Gasteiger partial charge in [-0.3, -0.25) is 13.6 Å². The summed E-state index contributed by atoms with van der Waals surface area (Å²) in [5, 5.41) is 3.36. The number of carbonyl (C=O) groups is 1. The van der Waals surface area contributed by atoms with E-state index in [1.54, 1.807) is 23.2 Å². The molecule has 29 heavy (non-hydrogen) atoms. The van der Waals surface area contributed by atoms with Crippen LogP contribution in [-0.2, 0) is 22.0 Å². The molecule has 0 radical (unpaired) electrons. The van der Waals surface area contributed by atoms with Crippen LogP contribution in [0.5, 0.6) is 5.75 Å². The van der Waals surface area contributed by atoms with Gasteiger partial charge in [-0.1, -0.05) is 6.07 Å². The predicted octanol–water partition coefficient (Wildman–Crippen LogP) is 3.04. The fourth-order valence-electron chi connectivity index (χ4n) is 3.27. The van der Waals surface area contributed by atoms with Gasteiger partial charge in [-0.15, -0.1) is 0 Å². The van der Waals surface area contributed by atoms with E-state index in [0.717, 1.165) is 34.8 Å². The number of carbonyl (C=O) groups excluding carboxylic acids is 1. The third-order valence-corrected chi connectivity index (χ3v) is 6.10. The van der Waals surface area contributed by atoms with Crippen LogP contribution in [0.3, 0.4) is 0 Å². The summed E-state index contributed by atoms with van der Waals surface area (Å²) in [6.07, 6.45) is 6.99. The molecule has 0 saturated carbocycles. The minimum atomic E-state index is -1.25. The molecule has 3 heterocycles. The highest BCUT2D eigenvalue weighted by atomic mass is 32.2. The van der Waals surface area contributed by atoms with Gasteiger partial charge in [0, 0.05) is 36.5 Å². The zero-order valence-corrected chi connectivity index (χ0v) is 16.9. The van der Waals surface area contributed by atoms with Crippen molar-refractivity contribution in [3.8, 4) is 11.6 Å². The van der Waals surface area contributed by atoms with Gasteiger partial charge < -0.3 is 10.1 Å². The summed E-state index contributed by atoms with van der Waals surface area (Å²) in [6, 6.07) is 9.51. The van der Waals surface area contributed by atoms with Gasteiger partial charge in [-0.05, 0) is 55.2 Å². The molecule has 3 aromatic rings. The molecule has 7 nitrogen and oxygen atoms in total. The summed E-state index contributed by atoms with van der Waals surface area (Å²) in [5.41, 5.74) is 2.93. The first-order valence-corrected chi connectivity index (χ1v) is 10.8. The van der Waals surface area contributed by atoms with Crippen LogP contribution >= 0.6 is 0 Å². The number of benzene rings is 1. The zero-order chi connectivity index (χ0) is 20.2. The van der Waals surface area contributed by atoms with Crippen LogP contribution in [0, 0.1) is 6.92 Å².